The van der Waals surface area contributed by atoms with Crippen LogP contribution in [0.25, 0.3) is 11.2 Å². The standard InChI is InChI=1S/C28H47N7O4Si/c1-7-8-16-38-26-33-24(29)23-25(34-26)35(27(36)32-23)19-20-11-12-21(31-18-20)37-17-10-9-15-30-22(39-40(5)6)13-14-28(2,3)4/h11-12,18,22,30,40H,7-10,13-17,19H2,1-6H3,(H,32,36)(H2,29,33,34). The predicted molar refractivity (Wildman–Crippen MR) is 161 cm³/mol. The minimum Gasteiger partial charge on any atom is -0.478 e. The summed E-state index contributed by atoms with van der Waals surface area (Å²) in [5.41, 5.74) is 7.66. The molecule has 3 heterocycles. The minimum absolute atomic E-state index is 0.133. The van der Waals surface area contributed by atoms with Crippen molar-refractivity contribution in [2.24, 2.45) is 5.41 Å². The van der Waals surface area contributed by atoms with Crippen molar-refractivity contribution < 1.29 is 13.9 Å². The summed E-state index contributed by atoms with van der Waals surface area (Å²) < 4.78 is 19.1. The van der Waals surface area contributed by atoms with E-state index in [0.717, 1.165) is 50.6 Å². The summed E-state index contributed by atoms with van der Waals surface area (Å²) in [6, 6.07) is 3.88. The SMILES string of the molecule is CCCCOc1nc(N)c2[nH]c(=O)n(Cc3ccc(OCCCCNC(CCC(C)(C)C)O[SiH](C)C)nc3)c2n1. The highest BCUT2D eigenvalue weighted by Gasteiger charge is 2.17. The number of nitrogens with zero attached hydrogens (tertiary/aromatic N) is 4. The largest absolute Gasteiger partial charge is 0.478 e. The molecule has 11 nitrogen and oxygen atoms in total. The second-order valence-electron chi connectivity index (χ2n) is 11.6. The quantitative estimate of drug-likeness (QED) is 0.123. The number of nitrogen functional groups attached to an aromatic ring is 1. The highest BCUT2D eigenvalue weighted by atomic mass is 28.3. The second kappa shape index (κ2) is 15.2. The van der Waals surface area contributed by atoms with Crippen LogP contribution >= 0.6 is 0 Å². The molecule has 0 bridgehead atoms. The molecule has 0 amide bonds. The van der Waals surface area contributed by atoms with Crippen LogP contribution in [0.4, 0.5) is 5.82 Å². The van der Waals surface area contributed by atoms with Crippen molar-refractivity contribution in [2.75, 3.05) is 25.5 Å². The maximum atomic E-state index is 12.6. The third-order valence-corrected chi connectivity index (χ3v) is 7.16. The van der Waals surface area contributed by atoms with Gasteiger partial charge in [0.2, 0.25) is 5.88 Å². The van der Waals surface area contributed by atoms with E-state index in [1.807, 2.05) is 12.1 Å². The van der Waals surface area contributed by atoms with Crippen LogP contribution in [-0.4, -0.2) is 59.5 Å². The Morgan fingerprint density at radius 3 is 2.58 bits per heavy atom. The molecule has 0 aliphatic carbocycles. The zero-order valence-corrected chi connectivity index (χ0v) is 26.1. The molecule has 0 saturated heterocycles. The van der Waals surface area contributed by atoms with E-state index >= 15 is 0 Å². The lowest BCUT2D eigenvalue weighted by Gasteiger charge is -2.26. The molecule has 0 aliphatic heterocycles. The Morgan fingerprint density at radius 2 is 1.90 bits per heavy atom. The molecule has 0 fully saturated rings. The average Bonchev–Trinajstić information content (AvgIpc) is 3.20. The van der Waals surface area contributed by atoms with Crippen LogP contribution in [0.15, 0.2) is 23.1 Å². The lowest BCUT2D eigenvalue weighted by atomic mass is 9.90. The fraction of sp³-hybridized carbons (Fsp3) is 0.643. The molecule has 0 aliphatic rings. The first-order valence-electron chi connectivity index (χ1n) is 14.4. The maximum Gasteiger partial charge on any atom is 0.328 e. The smallest absolute Gasteiger partial charge is 0.328 e. The number of nitrogens with two attached hydrogens (primary N) is 1. The summed E-state index contributed by atoms with van der Waals surface area (Å²) in [6.45, 7) is 15.5. The first kappa shape index (κ1) is 31.6. The lowest BCUT2D eigenvalue weighted by molar-refractivity contribution is 0.136. The molecule has 4 N–H and O–H groups in total. The third-order valence-electron chi connectivity index (χ3n) is 6.28. The number of rotatable bonds is 17. The van der Waals surface area contributed by atoms with Crippen molar-refractivity contribution in [3.63, 3.8) is 0 Å². The lowest BCUT2D eigenvalue weighted by Crippen LogP contribution is -2.36. The van der Waals surface area contributed by atoms with Crippen LogP contribution in [0, 0.1) is 5.41 Å². The number of aromatic amines is 1. The van der Waals surface area contributed by atoms with Gasteiger partial charge in [-0.3, -0.25) is 9.88 Å². The molecule has 1 unspecified atom stereocenters. The first-order chi connectivity index (χ1) is 19.1. The van der Waals surface area contributed by atoms with Crippen molar-refractivity contribution in [1.82, 2.24) is 29.8 Å². The Morgan fingerprint density at radius 1 is 1.12 bits per heavy atom. The Kier molecular flexibility index (Phi) is 12.0. The monoisotopic (exact) mass is 573 g/mol. The molecule has 0 aromatic carbocycles. The Hall–Kier alpha value is -2.96. The number of hydrogen-bond acceptors (Lipinski definition) is 9. The predicted octanol–water partition coefficient (Wildman–Crippen LogP) is 4.23. The van der Waals surface area contributed by atoms with E-state index in [4.69, 9.17) is 19.6 Å². The van der Waals surface area contributed by atoms with E-state index in [1.54, 1.807) is 6.20 Å². The number of H-pyrrole nitrogens is 1. The van der Waals surface area contributed by atoms with Gasteiger partial charge < -0.3 is 24.6 Å². The van der Waals surface area contributed by atoms with Crippen LogP contribution in [0.1, 0.15) is 71.8 Å². The summed E-state index contributed by atoms with van der Waals surface area (Å²) in [6.07, 6.45) is 7.77. The van der Waals surface area contributed by atoms with Crippen LogP contribution in [0.5, 0.6) is 11.9 Å². The molecule has 0 saturated carbocycles. The summed E-state index contributed by atoms with van der Waals surface area (Å²) in [5, 5.41) is 3.57. The van der Waals surface area contributed by atoms with Crippen molar-refractivity contribution in [1.29, 1.82) is 0 Å². The molecule has 40 heavy (non-hydrogen) atoms. The van der Waals surface area contributed by atoms with Gasteiger partial charge >= 0.3 is 11.7 Å². The van der Waals surface area contributed by atoms with Crippen LogP contribution in [0.2, 0.25) is 13.1 Å². The summed E-state index contributed by atoms with van der Waals surface area (Å²) in [5.74, 6) is 0.734. The number of aromatic nitrogens is 5. The fourth-order valence-corrected chi connectivity index (χ4v) is 4.99. The Labute approximate surface area is 239 Å². The van der Waals surface area contributed by atoms with E-state index in [0.29, 0.717) is 35.7 Å². The van der Waals surface area contributed by atoms with E-state index in [1.165, 1.54) is 4.57 Å². The molecule has 3 aromatic rings. The van der Waals surface area contributed by atoms with Gasteiger partial charge in [-0.1, -0.05) is 40.2 Å². The van der Waals surface area contributed by atoms with Crippen molar-refractivity contribution >= 4 is 26.0 Å². The normalized spacial score (nSPS) is 12.8. The number of nitrogens with one attached hydrogen (secondary N) is 2. The van der Waals surface area contributed by atoms with Crippen LogP contribution < -0.4 is 26.2 Å². The summed E-state index contributed by atoms with van der Waals surface area (Å²) in [4.78, 5) is 28.4. The Balaban J connectivity index is 1.48. The van der Waals surface area contributed by atoms with Crippen molar-refractivity contribution in [3.8, 4) is 11.9 Å². The molecular weight excluding hydrogens is 526 g/mol. The third kappa shape index (κ3) is 10.2. The average molecular weight is 574 g/mol. The topological polar surface area (TPSA) is 142 Å². The van der Waals surface area contributed by atoms with Gasteiger partial charge in [0.05, 0.1) is 26.0 Å². The van der Waals surface area contributed by atoms with E-state index < -0.39 is 9.04 Å². The van der Waals surface area contributed by atoms with Crippen molar-refractivity contribution in [2.45, 2.75) is 92.1 Å². The van der Waals surface area contributed by atoms with E-state index in [2.05, 4.69) is 66.0 Å². The minimum atomic E-state index is -1.10. The summed E-state index contributed by atoms with van der Waals surface area (Å²) in [7, 11) is -1.10. The zero-order valence-electron chi connectivity index (χ0n) is 25.0. The molecule has 0 spiro atoms. The van der Waals surface area contributed by atoms with Crippen LogP contribution in [-0.2, 0) is 11.0 Å². The van der Waals surface area contributed by atoms with Crippen LogP contribution in [0.3, 0.4) is 0 Å². The zero-order chi connectivity index (χ0) is 29.1. The van der Waals surface area contributed by atoms with Gasteiger partial charge in [0.1, 0.15) is 5.52 Å². The molecule has 3 rings (SSSR count). The van der Waals surface area contributed by atoms with Gasteiger partial charge in [0.25, 0.3) is 0 Å². The molecule has 222 valence electrons. The number of anilines is 1. The molecule has 1 atom stereocenters. The number of ether oxygens (including phenoxy) is 2. The highest BCUT2D eigenvalue weighted by Crippen LogP contribution is 2.22. The molecule has 0 radical (unpaired) electrons. The maximum absolute atomic E-state index is 12.6. The van der Waals surface area contributed by atoms with Gasteiger partial charge in [0.15, 0.2) is 20.5 Å². The molecular formula is C28H47N7O4Si. The number of fused-ring (bicyclic) bond motifs is 1. The fourth-order valence-electron chi connectivity index (χ4n) is 4.10. The van der Waals surface area contributed by atoms with E-state index in [-0.39, 0.29) is 30.3 Å². The highest BCUT2D eigenvalue weighted by molar-refractivity contribution is 6.48. The van der Waals surface area contributed by atoms with Gasteiger partial charge in [-0.25, -0.2) is 9.78 Å². The Bertz CT molecular complexity index is 1240. The van der Waals surface area contributed by atoms with Gasteiger partial charge in [0, 0.05) is 12.3 Å². The number of pyridine rings is 1. The van der Waals surface area contributed by atoms with E-state index in [9.17, 15) is 4.79 Å². The van der Waals surface area contributed by atoms with Gasteiger partial charge in [-0.2, -0.15) is 9.97 Å². The number of imidazole rings is 1. The number of unbranched alkanes of at least 4 members (excludes halogenated alkanes) is 2. The van der Waals surface area contributed by atoms with Gasteiger partial charge in [-0.15, -0.1) is 0 Å². The van der Waals surface area contributed by atoms with Crippen molar-refractivity contribution in [3.05, 3.63) is 34.4 Å². The molecule has 3 aromatic heterocycles. The second-order valence-corrected chi connectivity index (χ2v) is 14.0. The van der Waals surface area contributed by atoms with Gasteiger partial charge in [-0.05, 0) is 62.7 Å². The summed E-state index contributed by atoms with van der Waals surface area (Å²) >= 11 is 0. The number of hydrogen-bond donors (Lipinski definition) is 3. The molecule has 12 heteroatoms. The first-order valence-corrected chi connectivity index (χ1v) is 17.2.